The number of halogens is 2. The molecule has 0 radical (unpaired) electrons. The first-order valence-corrected chi connectivity index (χ1v) is 9.35. The van der Waals surface area contributed by atoms with E-state index in [9.17, 15) is 0 Å². The molecule has 0 spiro atoms. The van der Waals surface area contributed by atoms with Gasteiger partial charge in [-0.2, -0.15) is 0 Å². The zero-order valence-electron chi connectivity index (χ0n) is 16.3. The highest BCUT2D eigenvalue weighted by Gasteiger charge is 2.17. The number of nitrogens with one attached hydrogen (secondary N) is 1. The summed E-state index contributed by atoms with van der Waals surface area (Å²) >= 11 is 3.53. The first-order valence-electron chi connectivity index (χ1n) is 8.56. The van der Waals surface area contributed by atoms with Crippen LogP contribution in [0.25, 0.3) is 0 Å². The van der Waals surface area contributed by atoms with Crippen LogP contribution in [-0.2, 0) is 13.6 Å². The molecule has 0 aliphatic rings. The third-order valence-electron chi connectivity index (χ3n) is 4.27. The summed E-state index contributed by atoms with van der Waals surface area (Å²) in [6.07, 6.45) is 2.06. The monoisotopic (exact) mass is 537 g/mol. The van der Waals surface area contributed by atoms with Crippen LogP contribution in [0.5, 0.6) is 0 Å². The van der Waals surface area contributed by atoms with E-state index < -0.39 is 0 Å². The van der Waals surface area contributed by atoms with Crippen LogP contribution in [0.3, 0.4) is 0 Å². The Hall–Kier alpha value is -1.03. The van der Waals surface area contributed by atoms with E-state index in [0.29, 0.717) is 6.54 Å². The fraction of sp³-hybridized carbons (Fsp3) is 0.556. The van der Waals surface area contributed by atoms with E-state index in [1.807, 2.05) is 13.8 Å². The number of hydrogen-bond donors (Lipinski definition) is 1. The fourth-order valence-electron chi connectivity index (χ4n) is 3.02. The molecule has 26 heavy (non-hydrogen) atoms. The molecular weight excluding hydrogens is 509 g/mol. The maximum Gasteiger partial charge on any atom is 0.194 e. The van der Waals surface area contributed by atoms with Crippen molar-refractivity contribution in [1.29, 1.82) is 0 Å². The van der Waals surface area contributed by atoms with E-state index in [-0.39, 0.29) is 29.9 Å². The van der Waals surface area contributed by atoms with Gasteiger partial charge in [0.25, 0.3) is 0 Å². The van der Waals surface area contributed by atoms with Crippen molar-refractivity contribution in [2.75, 3.05) is 20.1 Å². The van der Waals surface area contributed by atoms with Crippen molar-refractivity contribution in [2.45, 2.75) is 40.2 Å². The molecule has 2 aromatic heterocycles. The van der Waals surface area contributed by atoms with Gasteiger partial charge in [-0.3, -0.25) is 4.99 Å². The number of aliphatic imine (C=N–C) groups is 1. The van der Waals surface area contributed by atoms with Crippen molar-refractivity contribution >= 4 is 45.9 Å². The first-order chi connectivity index (χ1) is 11.8. The summed E-state index contributed by atoms with van der Waals surface area (Å²) < 4.78 is 8.49. The molecule has 146 valence electrons. The van der Waals surface area contributed by atoms with Crippen LogP contribution in [0, 0.1) is 13.8 Å². The predicted octanol–water partition coefficient (Wildman–Crippen LogP) is 4.21. The summed E-state index contributed by atoms with van der Waals surface area (Å²) in [7, 11) is 4.11. The van der Waals surface area contributed by atoms with E-state index >= 15 is 0 Å². The van der Waals surface area contributed by atoms with Gasteiger partial charge in [0.05, 0.1) is 12.2 Å². The Bertz CT molecular complexity index is 721. The van der Waals surface area contributed by atoms with Gasteiger partial charge in [0.15, 0.2) is 5.96 Å². The Kier molecular flexibility index (Phi) is 9.15. The summed E-state index contributed by atoms with van der Waals surface area (Å²) in [6, 6.07) is 2.13. The molecule has 2 aromatic rings. The van der Waals surface area contributed by atoms with Gasteiger partial charge >= 0.3 is 0 Å². The lowest BCUT2D eigenvalue weighted by Gasteiger charge is -2.23. The lowest BCUT2D eigenvalue weighted by Crippen LogP contribution is -2.39. The Morgan fingerprint density at radius 2 is 2.15 bits per heavy atom. The van der Waals surface area contributed by atoms with Crippen LogP contribution >= 0.6 is 39.9 Å². The lowest BCUT2D eigenvalue weighted by atomic mass is 10.00. The molecule has 0 saturated heterocycles. The molecule has 0 aliphatic carbocycles. The normalized spacial score (nSPS) is 12.7. The molecule has 0 bridgehead atoms. The highest BCUT2D eigenvalue weighted by molar-refractivity contribution is 14.0. The molecule has 0 aliphatic heterocycles. The van der Waals surface area contributed by atoms with Gasteiger partial charge in [0, 0.05) is 55.0 Å². The molecule has 0 fully saturated rings. The molecule has 0 amide bonds. The molecule has 2 rings (SSSR count). The van der Waals surface area contributed by atoms with Gasteiger partial charge in [-0.1, -0.05) is 12.1 Å². The van der Waals surface area contributed by atoms with Crippen molar-refractivity contribution in [3.05, 3.63) is 39.4 Å². The molecule has 8 heteroatoms. The van der Waals surface area contributed by atoms with Gasteiger partial charge in [-0.15, -0.1) is 24.0 Å². The van der Waals surface area contributed by atoms with Crippen LogP contribution in [0.4, 0.5) is 0 Å². The quantitative estimate of drug-likeness (QED) is 0.340. The molecule has 0 aromatic carbocycles. The maximum atomic E-state index is 5.28. The van der Waals surface area contributed by atoms with E-state index in [1.54, 1.807) is 0 Å². The second kappa shape index (κ2) is 10.3. The van der Waals surface area contributed by atoms with E-state index in [2.05, 4.69) is 76.1 Å². The fourth-order valence-corrected chi connectivity index (χ4v) is 3.59. The minimum Gasteiger partial charge on any atom is -0.361 e. The number of hydrogen-bond acceptors (Lipinski definition) is 3. The van der Waals surface area contributed by atoms with E-state index in [4.69, 9.17) is 9.52 Å². The highest BCUT2D eigenvalue weighted by Crippen LogP contribution is 2.23. The number of aromatic nitrogens is 2. The molecule has 2 heterocycles. The smallest absolute Gasteiger partial charge is 0.194 e. The molecule has 1 atom stereocenters. The molecular formula is C18H29BrIN5O. The third kappa shape index (κ3) is 5.73. The van der Waals surface area contributed by atoms with Gasteiger partial charge in [-0.25, -0.2) is 0 Å². The molecule has 0 saturated carbocycles. The molecule has 6 nitrogen and oxygen atoms in total. The van der Waals surface area contributed by atoms with E-state index in [1.165, 1.54) is 5.69 Å². The summed E-state index contributed by atoms with van der Waals surface area (Å²) in [5, 5.41) is 7.42. The second-order valence-corrected chi connectivity index (χ2v) is 7.37. The van der Waals surface area contributed by atoms with Crippen LogP contribution in [0.15, 0.2) is 26.3 Å². The minimum atomic E-state index is 0. The summed E-state index contributed by atoms with van der Waals surface area (Å²) in [4.78, 5) is 6.97. The van der Waals surface area contributed by atoms with Crippen molar-refractivity contribution in [3.63, 3.8) is 0 Å². The topological polar surface area (TPSA) is 58.6 Å². The van der Waals surface area contributed by atoms with Gasteiger partial charge < -0.3 is 19.3 Å². The van der Waals surface area contributed by atoms with Crippen LogP contribution in [0.1, 0.15) is 42.5 Å². The van der Waals surface area contributed by atoms with E-state index in [0.717, 1.165) is 40.5 Å². The lowest BCUT2D eigenvalue weighted by molar-refractivity contribution is 0.391. The number of rotatable bonds is 6. The molecule has 1 N–H and O–H groups in total. The minimum absolute atomic E-state index is 0. The van der Waals surface area contributed by atoms with Crippen molar-refractivity contribution in [2.24, 2.45) is 12.0 Å². The van der Waals surface area contributed by atoms with Crippen molar-refractivity contribution in [1.82, 2.24) is 19.9 Å². The van der Waals surface area contributed by atoms with Crippen LogP contribution < -0.4 is 5.32 Å². The first kappa shape index (κ1) is 23.0. The van der Waals surface area contributed by atoms with Gasteiger partial charge in [-0.05, 0) is 42.8 Å². The third-order valence-corrected chi connectivity index (χ3v) is 4.70. The van der Waals surface area contributed by atoms with Crippen molar-refractivity contribution < 1.29 is 4.52 Å². The maximum absolute atomic E-state index is 5.28. The van der Waals surface area contributed by atoms with Crippen molar-refractivity contribution in [3.8, 4) is 0 Å². The number of nitrogens with zero attached hydrogens (tertiary/aromatic N) is 4. The summed E-state index contributed by atoms with van der Waals surface area (Å²) in [5.74, 6) is 2.04. The highest BCUT2D eigenvalue weighted by atomic mass is 127. The Morgan fingerprint density at radius 1 is 1.46 bits per heavy atom. The zero-order valence-corrected chi connectivity index (χ0v) is 20.3. The van der Waals surface area contributed by atoms with Gasteiger partial charge in [0.2, 0.25) is 0 Å². The Morgan fingerprint density at radius 3 is 2.65 bits per heavy atom. The van der Waals surface area contributed by atoms with Crippen LogP contribution in [0.2, 0.25) is 0 Å². The average Bonchev–Trinajstić information content (AvgIpc) is 3.04. The number of aryl methyl sites for hydroxylation is 3. The Labute approximate surface area is 181 Å². The summed E-state index contributed by atoms with van der Waals surface area (Å²) in [6.45, 7) is 10.5. The number of guanidine groups is 1. The molecule has 1 unspecified atom stereocenters. The largest absolute Gasteiger partial charge is 0.361 e. The predicted molar refractivity (Wildman–Crippen MR) is 120 cm³/mol. The van der Waals surface area contributed by atoms with Crippen LogP contribution in [-0.4, -0.2) is 40.7 Å². The summed E-state index contributed by atoms with van der Waals surface area (Å²) in [5.41, 5.74) is 3.33. The zero-order chi connectivity index (χ0) is 18.6. The Balaban J connectivity index is 0.00000338. The SMILES string of the molecule is CCNC(=NCC(C)c1c(C)noc1C)N(C)Cc1cc(Br)cn1C.I. The van der Waals surface area contributed by atoms with Gasteiger partial charge in [0.1, 0.15) is 5.76 Å². The standard InChI is InChI=1S/C18H28BrN5O.HI/c1-7-20-18(24(6)11-16-8-15(19)10-23(16)5)21-9-12(2)17-13(3)22-25-14(17)4;/h8,10,12H,7,9,11H2,1-6H3,(H,20,21);1H. The second-order valence-electron chi connectivity index (χ2n) is 6.45. The average molecular weight is 538 g/mol.